The molecule has 0 aliphatic rings. The first kappa shape index (κ1) is 18.0. The van der Waals surface area contributed by atoms with E-state index in [1.54, 1.807) is 18.9 Å². The molecule has 0 aliphatic heterocycles. The molecule has 0 saturated carbocycles. The Kier molecular flexibility index (Phi) is 5.98. The van der Waals surface area contributed by atoms with Gasteiger partial charge in [0.15, 0.2) is 0 Å². The number of nitrogens with one attached hydrogen (secondary N) is 1. The summed E-state index contributed by atoms with van der Waals surface area (Å²) in [6.07, 6.45) is 0.119. The minimum atomic E-state index is -0.425. The fourth-order valence-corrected chi connectivity index (χ4v) is 2.32. The van der Waals surface area contributed by atoms with Gasteiger partial charge >= 0.3 is 6.03 Å². The third kappa shape index (κ3) is 4.58. The summed E-state index contributed by atoms with van der Waals surface area (Å²) in [5.74, 6) is 0.665. The molecule has 0 fully saturated rings. The van der Waals surface area contributed by atoms with E-state index < -0.39 is 6.10 Å². The highest BCUT2D eigenvalue weighted by Crippen LogP contribution is 2.24. The van der Waals surface area contributed by atoms with E-state index in [9.17, 15) is 9.90 Å². The van der Waals surface area contributed by atoms with Crippen molar-refractivity contribution in [1.29, 1.82) is 0 Å². The average molecular weight is 330 g/mol. The smallest absolute Gasteiger partial charge is 0.322 e. The molecule has 1 atom stereocenters. The van der Waals surface area contributed by atoms with Crippen LogP contribution in [0.2, 0.25) is 0 Å². The number of hydrogen-bond acceptors (Lipinski definition) is 3. The Labute approximate surface area is 143 Å². The van der Waals surface area contributed by atoms with Crippen LogP contribution in [0.1, 0.15) is 33.2 Å². The van der Waals surface area contributed by atoms with Gasteiger partial charge in [-0.05, 0) is 27.2 Å². The molecular weight excluding hydrogens is 304 g/mol. The van der Waals surface area contributed by atoms with Crippen LogP contribution in [-0.4, -0.2) is 45.5 Å². The third-order valence-corrected chi connectivity index (χ3v) is 3.76. The molecular formula is C18H26N4O2. The maximum Gasteiger partial charge on any atom is 0.322 e. The second kappa shape index (κ2) is 7.97. The number of anilines is 1. The quantitative estimate of drug-likeness (QED) is 0.853. The molecule has 0 radical (unpaired) electrons. The van der Waals surface area contributed by atoms with Crippen molar-refractivity contribution in [2.75, 3.05) is 18.9 Å². The van der Waals surface area contributed by atoms with Crippen molar-refractivity contribution < 1.29 is 9.90 Å². The number of aliphatic hydroxyl groups excluding tert-OH is 1. The Bertz CT molecular complexity index is 665. The van der Waals surface area contributed by atoms with Gasteiger partial charge in [0.25, 0.3) is 0 Å². The van der Waals surface area contributed by atoms with Crippen molar-refractivity contribution in [2.24, 2.45) is 0 Å². The van der Waals surface area contributed by atoms with Crippen molar-refractivity contribution >= 4 is 11.8 Å². The molecule has 0 saturated heterocycles. The molecule has 2 amide bonds. The topological polar surface area (TPSA) is 70.4 Å². The lowest BCUT2D eigenvalue weighted by Crippen LogP contribution is -2.34. The first-order chi connectivity index (χ1) is 11.4. The van der Waals surface area contributed by atoms with Gasteiger partial charge in [-0.1, -0.05) is 30.3 Å². The highest BCUT2D eigenvalue weighted by Gasteiger charge is 2.16. The van der Waals surface area contributed by atoms with E-state index in [4.69, 9.17) is 0 Å². The lowest BCUT2D eigenvalue weighted by Gasteiger charge is -2.19. The highest BCUT2D eigenvalue weighted by molar-refractivity contribution is 5.89. The normalized spacial score (nSPS) is 12.2. The Morgan fingerprint density at radius 2 is 1.96 bits per heavy atom. The third-order valence-electron chi connectivity index (χ3n) is 3.76. The zero-order valence-corrected chi connectivity index (χ0v) is 14.7. The van der Waals surface area contributed by atoms with Gasteiger partial charge in [0.05, 0.1) is 11.8 Å². The van der Waals surface area contributed by atoms with Crippen LogP contribution >= 0.6 is 0 Å². The summed E-state index contributed by atoms with van der Waals surface area (Å²) in [5.41, 5.74) is 1.83. The predicted molar refractivity (Wildman–Crippen MR) is 96.0 cm³/mol. The number of carbonyl (C=O) groups is 1. The summed E-state index contributed by atoms with van der Waals surface area (Å²) in [6, 6.07) is 11.7. The molecule has 2 rings (SSSR count). The van der Waals surface area contributed by atoms with Crippen molar-refractivity contribution in [3.63, 3.8) is 0 Å². The fourth-order valence-electron chi connectivity index (χ4n) is 2.32. The number of urea groups is 1. The number of aliphatic hydroxyl groups is 1. The molecule has 0 spiro atoms. The predicted octanol–water partition coefficient (Wildman–Crippen LogP) is 3.37. The lowest BCUT2D eigenvalue weighted by atomic mass is 10.2. The summed E-state index contributed by atoms with van der Waals surface area (Å²) >= 11 is 0. The SMILES string of the molecule is CC(O)CCN(C)C(=O)Nc1cc(-c2ccccc2)nn1C(C)C. The molecule has 1 aromatic carbocycles. The van der Waals surface area contributed by atoms with E-state index in [0.29, 0.717) is 18.8 Å². The number of hydrogen-bond donors (Lipinski definition) is 2. The van der Waals surface area contributed by atoms with Gasteiger partial charge in [-0.2, -0.15) is 5.10 Å². The fraction of sp³-hybridized carbons (Fsp3) is 0.444. The summed E-state index contributed by atoms with van der Waals surface area (Å²) < 4.78 is 1.81. The van der Waals surface area contributed by atoms with Crippen molar-refractivity contribution in [3.8, 4) is 11.3 Å². The van der Waals surface area contributed by atoms with Gasteiger partial charge < -0.3 is 10.0 Å². The molecule has 6 nitrogen and oxygen atoms in total. The minimum absolute atomic E-state index is 0.125. The van der Waals surface area contributed by atoms with Crippen molar-refractivity contribution in [2.45, 2.75) is 39.3 Å². The molecule has 130 valence electrons. The van der Waals surface area contributed by atoms with E-state index in [1.807, 2.05) is 54.9 Å². The van der Waals surface area contributed by atoms with E-state index in [-0.39, 0.29) is 12.1 Å². The molecule has 1 heterocycles. The van der Waals surface area contributed by atoms with Gasteiger partial charge in [0.1, 0.15) is 5.82 Å². The monoisotopic (exact) mass is 330 g/mol. The standard InChI is InChI=1S/C18H26N4O2/c1-13(2)22-17(19-18(24)21(4)11-10-14(3)23)12-16(20-22)15-8-6-5-7-9-15/h5-9,12-14,23H,10-11H2,1-4H3,(H,19,24). The van der Waals surface area contributed by atoms with Crippen LogP contribution in [0.25, 0.3) is 11.3 Å². The van der Waals surface area contributed by atoms with Crippen LogP contribution in [0.15, 0.2) is 36.4 Å². The minimum Gasteiger partial charge on any atom is -0.393 e. The maximum atomic E-state index is 12.3. The zero-order valence-electron chi connectivity index (χ0n) is 14.7. The van der Waals surface area contributed by atoms with E-state index >= 15 is 0 Å². The Morgan fingerprint density at radius 1 is 1.29 bits per heavy atom. The molecule has 0 bridgehead atoms. The Hall–Kier alpha value is -2.34. The first-order valence-electron chi connectivity index (χ1n) is 8.23. The zero-order chi connectivity index (χ0) is 17.7. The van der Waals surface area contributed by atoms with Crippen LogP contribution in [0.3, 0.4) is 0 Å². The number of carbonyl (C=O) groups excluding carboxylic acids is 1. The lowest BCUT2D eigenvalue weighted by molar-refractivity contribution is 0.167. The second-order valence-corrected chi connectivity index (χ2v) is 6.31. The molecule has 1 aromatic heterocycles. The molecule has 1 unspecified atom stereocenters. The number of benzene rings is 1. The Balaban J connectivity index is 2.17. The number of rotatable bonds is 6. The number of nitrogens with zero attached hydrogens (tertiary/aromatic N) is 3. The van der Waals surface area contributed by atoms with Crippen molar-refractivity contribution in [1.82, 2.24) is 14.7 Å². The van der Waals surface area contributed by atoms with Crippen LogP contribution < -0.4 is 5.32 Å². The average Bonchev–Trinajstić information content (AvgIpc) is 2.97. The van der Waals surface area contributed by atoms with Gasteiger partial charge in [0, 0.05) is 31.3 Å². The number of amides is 2. The summed E-state index contributed by atoms with van der Waals surface area (Å²) in [4.78, 5) is 13.9. The van der Waals surface area contributed by atoms with Crippen LogP contribution in [0, 0.1) is 0 Å². The molecule has 2 aromatic rings. The van der Waals surface area contributed by atoms with Crippen LogP contribution in [-0.2, 0) is 0 Å². The molecule has 0 aliphatic carbocycles. The van der Waals surface area contributed by atoms with E-state index in [0.717, 1.165) is 11.3 Å². The van der Waals surface area contributed by atoms with Gasteiger partial charge in [-0.15, -0.1) is 0 Å². The Morgan fingerprint density at radius 3 is 2.54 bits per heavy atom. The van der Waals surface area contributed by atoms with Crippen LogP contribution in [0.5, 0.6) is 0 Å². The summed E-state index contributed by atoms with van der Waals surface area (Å²) in [5, 5.41) is 16.9. The van der Waals surface area contributed by atoms with Crippen LogP contribution in [0.4, 0.5) is 10.6 Å². The van der Waals surface area contributed by atoms with Gasteiger partial charge in [-0.25, -0.2) is 9.48 Å². The number of aromatic nitrogens is 2. The van der Waals surface area contributed by atoms with E-state index in [2.05, 4.69) is 10.4 Å². The summed E-state index contributed by atoms with van der Waals surface area (Å²) in [6.45, 7) is 6.25. The first-order valence-corrected chi connectivity index (χ1v) is 8.23. The summed E-state index contributed by atoms with van der Waals surface area (Å²) in [7, 11) is 1.71. The second-order valence-electron chi connectivity index (χ2n) is 6.31. The van der Waals surface area contributed by atoms with Crippen molar-refractivity contribution in [3.05, 3.63) is 36.4 Å². The maximum absolute atomic E-state index is 12.3. The van der Waals surface area contributed by atoms with Gasteiger partial charge in [-0.3, -0.25) is 5.32 Å². The molecule has 2 N–H and O–H groups in total. The highest BCUT2D eigenvalue weighted by atomic mass is 16.3. The van der Waals surface area contributed by atoms with Gasteiger partial charge in [0.2, 0.25) is 0 Å². The molecule has 6 heteroatoms. The van der Waals surface area contributed by atoms with E-state index in [1.165, 1.54) is 0 Å². The molecule has 24 heavy (non-hydrogen) atoms. The largest absolute Gasteiger partial charge is 0.393 e.